The van der Waals surface area contributed by atoms with Crippen LogP contribution in [0.1, 0.15) is 21.5 Å². The number of carboxylic acid groups (broad SMARTS) is 1. The Hall–Kier alpha value is -2.20. The van der Waals surface area contributed by atoms with Crippen molar-refractivity contribution in [3.05, 3.63) is 58.1 Å². The molecule has 0 aliphatic carbocycles. The summed E-state index contributed by atoms with van der Waals surface area (Å²) in [5.41, 5.74) is 8.89. The van der Waals surface area contributed by atoms with Crippen molar-refractivity contribution in [1.29, 1.82) is 0 Å². The second-order valence-electron chi connectivity index (χ2n) is 4.83. The van der Waals surface area contributed by atoms with Gasteiger partial charge in [-0.15, -0.1) is 0 Å². The lowest BCUT2D eigenvalue weighted by atomic mass is 10.1. The van der Waals surface area contributed by atoms with E-state index in [-0.39, 0.29) is 5.56 Å². The van der Waals surface area contributed by atoms with Crippen molar-refractivity contribution >= 4 is 28.9 Å². The van der Waals surface area contributed by atoms with Crippen molar-refractivity contribution in [2.45, 2.75) is 13.3 Å². The number of hydrogen-bond donors (Lipinski definition) is 3. The lowest BCUT2D eigenvalue weighted by Crippen LogP contribution is -2.11. The van der Waals surface area contributed by atoms with Crippen LogP contribution in [-0.4, -0.2) is 17.6 Å². The number of aromatic carboxylic acids is 1. The Labute approximate surface area is 128 Å². The molecule has 0 heterocycles. The summed E-state index contributed by atoms with van der Waals surface area (Å²) in [5, 5.41) is 12.6. The molecule has 4 N–H and O–H groups in total. The third-order valence-corrected chi connectivity index (χ3v) is 3.60. The lowest BCUT2D eigenvalue weighted by Gasteiger charge is -2.13. The molecule has 0 unspecified atom stereocenters. The van der Waals surface area contributed by atoms with Crippen LogP contribution in [0.5, 0.6) is 0 Å². The van der Waals surface area contributed by atoms with E-state index >= 15 is 0 Å². The van der Waals surface area contributed by atoms with Crippen LogP contribution >= 0.6 is 11.6 Å². The van der Waals surface area contributed by atoms with Gasteiger partial charge < -0.3 is 16.2 Å². The van der Waals surface area contributed by atoms with Gasteiger partial charge >= 0.3 is 5.97 Å². The smallest absolute Gasteiger partial charge is 0.337 e. The summed E-state index contributed by atoms with van der Waals surface area (Å²) >= 11 is 6.09. The Morgan fingerprint density at radius 1 is 1.33 bits per heavy atom. The number of nitrogen functional groups attached to an aromatic ring is 1. The number of nitrogens with one attached hydrogen (secondary N) is 1. The fourth-order valence-electron chi connectivity index (χ4n) is 2.19. The third-order valence-electron chi connectivity index (χ3n) is 3.30. The number of nitrogens with two attached hydrogens (primary N) is 1. The van der Waals surface area contributed by atoms with Crippen molar-refractivity contribution in [3.8, 4) is 0 Å². The molecule has 0 aromatic heterocycles. The normalized spacial score (nSPS) is 10.4. The molecule has 21 heavy (non-hydrogen) atoms. The van der Waals surface area contributed by atoms with E-state index in [1.54, 1.807) is 6.07 Å². The first-order valence-corrected chi connectivity index (χ1v) is 6.97. The molecular weight excluding hydrogens is 288 g/mol. The zero-order valence-electron chi connectivity index (χ0n) is 11.7. The van der Waals surface area contributed by atoms with Gasteiger partial charge in [0.1, 0.15) is 0 Å². The molecule has 0 aliphatic heterocycles. The maximum absolute atomic E-state index is 11.3. The molecular formula is C16H17ClN2O2. The Bertz CT molecular complexity index is 671. The molecule has 0 atom stereocenters. The minimum absolute atomic E-state index is 0.0878. The van der Waals surface area contributed by atoms with Crippen LogP contribution in [0.2, 0.25) is 5.02 Å². The molecule has 0 saturated carbocycles. The van der Waals surface area contributed by atoms with Crippen molar-refractivity contribution in [2.24, 2.45) is 0 Å². The minimum atomic E-state index is -1.05. The maximum Gasteiger partial charge on any atom is 0.337 e. The Morgan fingerprint density at radius 3 is 2.71 bits per heavy atom. The number of anilines is 2. The number of carbonyl (C=O) groups is 1. The second kappa shape index (κ2) is 6.50. The number of aryl methyl sites for hydroxylation is 1. The van der Waals surface area contributed by atoms with Crippen molar-refractivity contribution in [2.75, 3.05) is 17.6 Å². The predicted octanol–water partition coefficient (Wildman–Crippen LogP) is 3.58. The minimum Gasteiger partial charge on any atom is -0.478 e. The number of carboxylic acids is 1. The zero-order valence-corrected chi connectivity index (χ0v) is 12.4. The Balaban J connectivity index is 2.13. The topological polar surface area (TPSA) is 75.3 Å². The largest absolute Gasteiger partial charge is 0.478 e. The van der Waals surface area contributed by atoms with Crippen molar-refractivity contribution in [3.63, 3.8) is 0 Å². The van der Waals surface area contributed by atoms with Gasteiger partial charge in [0, 0.05) is 12.2 Å². The van der Waals surface area contributed by atoms with E-state index in [1.165, 1.54) is 17.2 Å². The molecule has 2 aromatic rings. The first-order chi connectivity index (χ1) is 9.99. The van der Waals surface area contributed by atoms with E-state index in [1.807, 2.05) is 25.1 Å². The predicted molar refractivity (Wildman–Crippen MR) is 86.2 cm³/mol. The van der Waals surface area contributed by atoms with Gasteiger partial charge in [0.25, 0.3) is 0 Å². The molecule has 5 heteroatoms. The van der Waals surface area contributed by atoms with Crippen LogP contribution in [0, 0.1) is 6.92 Å². The van der Waals surface area contributed by atoms with E-state index in [4.69, 9.17) is 17.3 Å². The molecule has 2 rings (SSSR count). The summed E-state index contributed by atoms with van der Waals surface area (Å²) in [6.45, 7) is 2.64. The van der Waals surface area contributed by atoms with Gasteiger partial charge in [-0.25, -0.2) is 4.79 Å². The standard InChI is InChI=1S/C16H17ClN2O2/c1-10-4-2-3-5-11(10)6-7-19-15-13(16(20)21)8-12(18)9-14(15)17/h2-5,8-9,19H,6-7,18H2,1H3,(H,20,21). The van der Waals surface area contributed by atoms with E-state index in [0.717, 1.165) is 6.42 Å². The van der Waals surface area contributed by atoms with Gasteiger partial charge in [-0.05, 0) is 36.6 Å². The summed E-state index contributed by atoms with van der Waals surface area (Å²) in [5.74, 6) is -1.05. The molecule has 0 spiro atoms. The average Bonchev–Trinajstić information content (AvgIpc) is 2.42. The van der Waals surface area contributed by atoms with Gasteiger partial charge in [-0.2, -0.15) is 0 Å². The highest BCUT2D eigenvalue weighted by Crippen LogP contribution is 2.29. The average molecular weight is 305 g/mol. The molecule has 4 nitrogen and oxygen atoms in total. The second-order valence-corrected chi connectivity index (χ2v) is 5.24. The number of rotatable bonds is 5. The molecule has 2 aromatic carbocycles. The summed E-state index contributed by atoms with van der Waals surface area (Å²) in [4.78, 5) is 11.3. The van der Waals surface area contributed by atoms with Crippen LogP contribution in [0.3, 0.4) is 0 Å². The molecule has 0 radical (unpaired) electrons. The fraction of sp³-hybridized carbons (Fsp3) is 0.188. The van der Waals surface area contributed by atoms with Crippen LogP contribution in [0.4, 0.5) is 11.4 Å². The molecule has 0 aliphatic rings. The maximum atomic E-state index is 11.3. The fourth-order valence-corrected chi connectivity index (χ4v) is 2.48. The van der Waals surface area contributed by atoms with E-state index in [0.29, 0.717) is 22.9 Å². The van der Waals surface area contributed by atoms with Gasteiger partial charge in [-0.3, -0.25) is 0 Å². The number of benzene rings is 2. The molecule has 0 amide bonds. The summed E-state index contributed by atoms with van der Waals surface area (Å²) in [7, 11) is 0. The first-order valence-electron chi connectivity index (χ1n) is 6.59. The van der Waals surface area contributed by atoms with Gasteiger partial charge in [0.15, 0.2) is 0 Å². The van der Waals surface area contributed by atoms with E-state index in [9.17, 15) is 9.90 Å². The van der Waals surface area contributed by atoms with Crippen LogP contribution < -0.4 is 11.1 Å². The lowest BCUT2D eigenvalue weighted by molar-refractivity contribution is 0.0698. The van der Waals surface area contributed by atoms with Crippen molar-refractivity contribution < 1.29 is 9.90 Å². The van der Waals surface area contributed by atoms with Gasteiger partial charge in [-0.1, -0.05) is 35.9 Å². The summed E-state index contributed by atoms with van der Waals surface area (Å²) < 4.78 is 0. The highest BCUT2D eigenvalue weighted by molar-refractivity contribution is 6.34. The highest BCUT2D eigenvalue weighted by atomic mass is 35.5. The quantitative estimate of drug-likeness (QED) is 0.738. The Morgan fingerprint density at radius 2 is 2.05 bits per heavy atom. The summed E-state index contributed by atoms with van der Waals surface area (Å²) in [6.07, 6.45) is 0.784. The number of hydrogen-bond acceptors (Lipinski definition) is 3. The molecule has 0 fully saturated rings. The Kier molecular flexibility index (Phi) is 4.70. The molecule has 110 valence electrons. The monoisotopic (exact) mass is 304 g/mol. The van der Waals surface area contributed by atoms with Crippen LogP contribution in [-0.2, 0) is 6.42 Å². The van der Waals surface area contributed by atoms with E-state index < -0.39 is 5.97 Å². The van der Waals surface area contributed by atoms with Gasteiger partial charge in [0.2, 0.25) is 0 Å². The van der Waals surface area contributed by atoms with Crippen LogP contribution in [0.25, 0.3) is 0 Å². The van der Waals surface area contributed by atoms with Crippen molar-refractivity contribution in [1.82, 2.24) is 0 Å². The zero-order chi connectivity index (χ0) is 15.4. The van der Waals surface area contributed by atoms with Crippen LogP contribution in [0.15, 0.2) is 36.4 Å². The van der Waals surface area contributed by atoms with E-state index in [2.05, 4.69) is 11.4 Å². The SMILES string of the molecule is Cc1ccccc1CCNc1c(Cl)cc(N)cc1C(=O)O. The van der Waals surface area contributed by atoms with Gasteiger partial charge in [0.05, 0.1) is 16.3 Å². The molecule has 0 bridgehead atoms. The molecule has 0 saturated heterocycles. The third kappa shape index (κ3) is 3.67. The number of halogens is 1. The highest BCUT2D eigenvalue weighted by Gasteiger charge is 2.14. The first kappa shape index (κ1) is 15.2. The summed E-state index contributed by atoms with van der Waals surface area (Å²) in [6, 6.07) is 11.0.